The molecule has 2 aliphatic rings. The molecule has 0 aliphatic carbocycles. The summed E-state index contributed by atoms with van der Waals surface area (Å²) in [6.07, 6.45) is 0. The minimum Gasteiger partial charge on any atom is -0.497 e. The third-order valence-electron chi connectivity index (χ3n) is 6.05. The van der Waals surface area contributed by atoms with Gasteiger partial charge in [-0.1, -0.05) is 18.2 Å². The van der Waals surface area contributed by atoms with Gasteiger partial charge in [-0.25, -0.2) is 4.39 Å². The van der Waals surface area contributed by atoms with Crippen molar-refractivity contribution in [3.8, 4) is 11.5 Å². The van der Waals surface area contributed by atoms with E-state index in [1.165, 1.54) is 18.7 Å². The second-order valence-electron chi connectivity index (χ2n) is 7.61. The summed E-state index contributed by atoms with van der Waals surface area (Å²) in [5.41, 5.74) is 1.24. The zero-order valence-electron chi connectivity index (χ0n) is 16.8. The van der Waals surface area contributed by atoms with E-state index in [1.807, 2.05) is 12.1 Å². The summed E-state index contributed by atoms with van der Waals surface area (Å²) in [6, 6.07) is 12.8. The minimum absolute atomic E-state index is 0. The van der Waals surface area contributed by atoms with Crippen molar-refractivity contribution in [3.05, 3.63) is 59.4 Å². The highest BCUT2D eigenvalue weighted by atomic mass is 35.5. The van der Waals surface area contributed by atoms with Gasteiger partial charge in [-0.05, 0) is 42.8 Å². The van der Waals surface area contributed by atoms with Crippen LogP contribution >= 0.6 is 12.4 Å². The summed E-state index contributed by atoms with van der Waals surface area (Å²) < 4.78 is 24.8. The van der Waals surface area contributed by atoms with Crippen molar-refractivity contribution >= 4 is 18.3 Å². The minimum atomic E-state index is -0.537. The molecule has 2 aromatic rings. The second kappa shape index (κ2) is 8.59. The molecule has 2 heterocycles. The fourth-order valence-electron chi connectivity index (χ4n) is 4.77. The van der Waals surface area contributed by atoms with Crippen LogP contribution in [0.25, 0.3) is 0 Å². The first kappa shape index (κ1) is 21.4. The Kier molecular flexibility index (Phi) is 6.34. The summed E-state index contributed by atoms with van der Waals surface area (Å²) in [5, 5.41) is 0. The number of rotatable bonds is 4. The molecular formula is C22H26ClFN2O3. The van der Waals surface area contributed by atoms with Gasteiger partial charge in [0.05, 0.1) is 14.2 Å². The molecule has 29 heavy (non-hydrogen) atoms. The molecule has 0 N–H and O–H groups in total. The zero-order valence-corrected chi connectivity index (χ0v) is 17.6. The van der Waals surface area contributed by atoms with Gasteiger partial charge in [-0.3, -0.25) is 9.69 Å². The molecule has 0 saturated carbocycles. The van der Waals surface area contributed by atoms with E-state index in [4.69, 9.17) is 9.47 Å². The van der Waals surface area contributed by atoms with Gasteiger partial charge in [-0.2, -0.15) is 0 Å². The summed E-state index contributed by atoms with van der Waals surface area (Å²) >= 11 is 0. The molecule has 3 atom stereocenters. The largest absolute Gasteiger partial charge is 0.497 e. The van der Waals surface area contributed by atoms with E-state index in [1.54, 1.807) is 24.1 Å². The number of fused-ring (bicyclic) bond motifs is 1. The molecule has 0 spiro atoms. The average Bonchev–Trinajstić information content (AvgIpc) is 3.24. The van der Waals surface area contributed by atoms with Crippen molar-refractivity contribution in [2.24, 2.45) is 11.8 Å². The number of hydrogen-bond donors (Lipinski definition) is 0. The quantitative estimate of drug-likeness (QED) is 0.757. The Balaban J connectivity index is 0.00000240. The normalized spacial score (nSPS) is 23.4. The van der Waals surface area contributed by atoms with E-state index in [0.717, 1.165) is 12.3 Å². The predicted molar refractivity (Wildman–Crippen MR) is 111 cm³/mol. The van der Waals surface area contributed by atoms with E-state index in [0.29, 0.717) is 24.9 Å². The first-order chi connectivity index (χ1) is 13.5. The van der Waals surface area contributed by atoms with E-state index in [2.05, 4.69) is 24.1 Å². The maximum Gasteiger partial charge on any atom is 0.260 e. The fraction of sp³-hybridized carbons (Fsp3) is 0.409. The number of carbonyl (C=O) groups excluding carboxylic acids is 1. The number of hydrogen-bond acceptors (Lipinski definition) is 4. The van der Waals surface area contributed by atoms with Gasteiger partial charge in [0, 0.05) is 31.6 Å². The zero-order chi connectivity index (χ0) is 19.8. The second-order valence-corrected chi connectivity index (χ2v) is 7.61. The molecular weight excluding hydrogens is 395 g/mol. The molecule has 2 aliphatic heterocycles. The summed E-state index contributed by atoms with van der Waals surface area (Å²) in [6.45, 7) is 2.17. The van der Waals surface area contributed by atoms with E-state index >= 15 is 0 Å². The lowest BCUT2D eigenvalue weighted by atomic mass is 9.89. The van der Waals surface area contributed by atoms with Gasteiger partial charge in [0.2, 0.25) is 0 Å². The number of halogens is 2. The van der Waals surface area contributed by atoms with Gasteiger partial charge in [-0.15, -0.1) is 12.4 Å². The van der Waals surface area contributed by atoms with E-state index in [9.17, 15) is 9.18 Å². The van der Waals surface area contributed by atoms with Gasteiger partial charge < -0.3 is 14.4 Å². The van der Waals surface area contributed by atoms with Gasteiger partial charge >= 0.3 is 0 Å². The van der Waals surface area contributed by atoms with E-state index < -0.39 is 5.82 Å². The first-order valence-corrected chi connectivity index (χ1v) is 9.49. The fourth-order valence-corrected chi connectivity index (χ4v) is 4.77. The average molecular weight is 421 g/mol. The summed E-state index contributed by atoms with van der Waals surface area (Å²) in [4.78, 5) is 17.2. The van der Waals surface area contributed by atoms with Crippen LogP contribution < -0.4 is 9.47 Å². The van der Waals surface area contributed by atoms with Crippen LogP contribution in [0, 0.1) is 17.7 Å². The number of benzene rings is 2. The van der Waals surface area contributed by atoms with Gasteiger partial charge in [0.15, 0.2) is 0 Å². The number of nitrogens with zero attached hydrogens (tertiary/aromatic N) is 2. The molecule has 0 bridgehead atoms. The monoisotopic (exact) mass is 420 g/mol. The van der Waals surface area contributed by atoms with Crippen LogP contribution in [0.5, 0.6) is 11.5 Å². The van der Waals surface area contributed by atoms with Crippen LogP contribution in [-0.4, -0.2) is 56.6 Å². The van der Waals surface area contributed by atoms with Crippen LogP contribution in [0.2, 0.25) is 0 Å². The molecule has 0 unspecified atom stereocenters. The molecule has 2 aromatic carbocycles. The lowest BCUT2D eigenvalue weighted by Crippen LogP contribution is -2.34. The third-order valence-corrected chi connectivity index (χ3v) is 6.05. The van der Waals surface area contributed by atoms with Gasteiger partial charge in [0.1, 0.15) is 22.9 Å². The highest BCUT2D eigenvalue weighted by molar-refractivity contribution is 5.97. The van der Waals surface area contributed by atoms with E-state index in [-0.39, 0.29) is 35.7 Å². The van der Waals surface area contributed by atoms with Crippen molar-refractivity contribution < 1.29 is 18.7 Å². The molecule has 0 radical (unpaired) electrons. The predicted octanol–water partition coefficient (Wildman–Crippen LogP) is 3.64. The highest BCUT2D eigenvalue weighted by Gasteiger charge is 2.47. The molecule has 7 heteroatoms. The lowest BCUT2D eigenvalue weighted by molar-refractivity contribution is 0.0759. The summed E-state index contributed by atoms with van der Waals surface area (Å²) in [7, 11) is 5.24. The molecule has 0 aromatic heterocycles. The summed E-state index contributed by atoms with van der Waals surface area (Å²) in [5.74, 6) is 0.978. The smallest absolute Gasteiger partial charge is 0.260 e. The van der Waals surface area contributed by atoms with Crippen molar-refractivity contribution in [2.75, 3.05) is 40.9 Å². The van der Waals surface area contributed by atoms with Crippen molar-refractivity contribution in [1.29, 1.82) is 0 Å². The van der Waals surface area contributed by atoms with Crippen molar-refractivity contribution in [3.63, 3.8) is 0 Å². The van der Waals surface area contributed by atoms with Crippen LogP contribution in [-0.2, 0) is 0 Å². The number of methoxy groups -OCH3 is 2. The maximum atomic E-state index is 14.4. The third kappa shape index (κ3) is 3.79. The molecule has 5 nitrogen and oxygen atoms in total. The number of ether oxygens (including phenoxy) is 2. The van der Waals surface area contributed by atoms with Crippen molar-refractivity contribution in [1.82, 2.24) is 9.80 Å². The number of likely N-dealkylation sites (tertiary alicyclic amines) is 2. The molecule has 1 amide bonds. The Labute approximate surface area is 176 Å². The lowest BCUT2D eigenvalue weighted by Gasteiger charge is -2.27. The Bertz CT molecular complexity index is 877. The number of carbonyl (C=O) groups is 1. The maximum absolute atomic E-state index is 14.4. The molecule has 156 valence electrons. The van der Waals surface area contributed by atoms with Crippen LogP contribution in [0.15, 0.2) is 42.5 Å². The Morgan fingerprint density at radius 1 is 1.03 bits per heavy atom. The molecule has 2 fully saturated rings. The Hall–Kier alpha value is -2.31. The first-order valence-electron chi connectivity index (χ1n) is 9.49. The van der Waals surface area contributed by atoms with Crippen molar-refractivity contribution in [2.45, 2.75) is 6.04 Å². The highest BCUT2D eigenvalue weighted by Crippen LogP contribution is 2.44. The molecule has 2 saturated heterocycles. The Morgan fingerprint density at radius 3 is 2.41 bits per heavy atom. The van der Waals surface area contributed by atoms with Crippen LogP contribution in [0.4, 0.5) is 4.39 Å². The number of amides is 1. The van der Waals surface area contributed by atoms with Gasteiger partial charge in [0.25, 0.3) is 5.91 Å². The van der Waals surface area contributed by atoms with Crippen LogP contribution in [0.1, 0.15) is 22.0 Å². The topological polar surface area (TPSA) is 42.0 Å². The Morgan fingerprint density at radius 2 is 1.76 bits per heavy atom. The van der Waals surface area contributed by atoms with Crippen LogP contribution in [0.3, 0.4) is 0 Å². The molecule has 4 rings (SSSR count). The standard InChI is InChI=1S/C22H25FN2O3.ClH/c1-24-11-15-12-25(22(26)20-18(23)5-4-6-19(20)28-3)13-17(15)21(24)14-7-9-16(27-2)10-8-14;/h4-10,15,17,21H,11-13H2,1-3H3;1H/t15-,17+,21-;/m0./s1. The SMILES string of the molecule is COc1ccc([C@H]2[C@@H]3CN(C(=O)c4c(F)cccc4OC)C[C@@H]3CN2C)cc1.Cl.